The molecule has 1 atom stereocenters. The number of sulfone groups is 1. The second kappa shape index (κ2) is 8.14. The van der Waals surface area contributed by atoms with Crippen molar-refractivity contribution in [2.45, 2.75) is 44.0 Å². The average Bonchev–Trinajstić information content (AvgIpc) is 2.92. The monoisotopic (exact) mass is 368 g/mol. The van der Waals surface area contributed by atoms with Crippen LogP contribution in [0.1, 0.15) is 33.1 Å². The number of hydrogen-bond acceptors (Lipinski definition) is 5. The van der Waals surface area contributed by atoms with Crippen LogP contribution in [0.4, 0.5) is 0 Å². The fraction of sp³-hybridized carbons (Fsp3) is 0.933. The number of carbonyl (C=O) groups excluding carboxylic acids is 1. The number of amides is 1. The molecule has 2 fully saturated rings. The van der Waals surface area contributed by atoms with Gasteiger partial charge < -0.3 is 15.0 Å². The van der Waals surface area contributed by atoms with E-state index in [1.54, 1.807) is 4.90 Å². The van der Waals surface area contributed by atoms with Crippen molar-refractivity contribution < 1.29 is 17.9 Å². The number of ether oxygens (including phenoxy) is 1. The molecular formula is C15H29ClN2O4S. The summed E-state index contributed by atoms with van der Waals surface area (Å²) in [6, 6.07) is 0. The Balaban J connectivity index is 0.00000264. The Bertz CT molecular complexity index is 504. The zero-order chi connectivity index (χ0) is 16.4. The first-order valence-electron chi connectivity index (χ1n) is 8.07. The highest BCUT2D eigenvalue weighted by molar-refractivity contribution is 7.92. The van der Waals surface area contributed by atoms with Gasteiger partial charge >= 0.3 is 0 Å². The van der Waals surface area contributed by atoms with Crippen LogP contribution in [-0.2, 0) is 19.4 Å². The van der Waals surface area contributed by atoms with E-state index in [9.17, 15) is 13.2 Å². The Morgan fingerprint density at radius 1 is 1.35 bits per heavy atom. The van der Waals surface area contributed by atoms with E-state index >= 15 is 0 Å². The molecule has 2 heterocycles. The molecule has 0 saturated carbocycles. The van der Waals surface area contributed by atoms with Gasteiger partial charge in [-0.2, -0.15) is 0 Å². The second-order valence-electron chi connectivity index (χ2n) is 6.91. The molecule has 0 aromatic rings. The lowest BCUT2D eigenvalue weighted by Gasteiger charge is -2.37. The molecule has 0 aliphatic carbocycles. The summed E-state index contributed by atoms with van der Waals surface area (Å²) in [4.78, 5) is 14.6. The summed E-state index contributed by atoms with van der Waals surface area (Å²) in [7, 11) is -3.44. The maximum absolute atomic E-state index is 12.9. The maximum Gasteiger partial charge on any atom is 0.244 e. The summed E-state index contributed by atoms with van der Waals surface area (Å²) >= 11 is 0. The third-order valence-corrected chi connectivity index (χ3v) is 6.61. The Hall–Kier alpha value is -0.370. The van der Waals surface area contributed by atoms with E-state index in [1.807, 2.05) is 0 Å². The number of likely N-dealkylation sites (tertiary alicyclic amines) is 1. The molecule has 2 saturated heterocycles. The summed E-state index contributed by atoms with van der Waals surface area (Å²) in [5.74, 6) is 0.226. The standard InChI is InChI=1S/C15H28N2O4S.ClH/c1-12(2)11-21-13-4-9-17(10-13)14(18)15(22(3,19)20)5-7-16-8-6-15;/h12-13,16H,4-11H2,1-3H3;1H. The highest BCUT2D eigenvalue weighted by Gasteiger charge is 2.51. The van der Waals surface area contributed by atoms with E-state index in [1.165, 1.54) is 6.26 Å². The van der Waals surface area contributed by atoms with Gasteiger partial charge in [-0.15, -0.1) is 12.4 Å². The molecule has 23 heavy (non-hydrogen) atoms. The second-order valence-corrected chi connectivity index (χ2v) is 9.23. The molecule has 0 spiro atoms. The van der Waals surface area contributed by atoms with E-state index in [0.29, 0.717) is 51.5 Å². The summed E-state index contributed by atoms with van der Waals surface area (Å²) in [6.07, 6.45) is 2.73. The molecule has 0 aromatic heterocycles. The fourth-order valence-electron chi connectivity index (χ4n) is 3.24. The van der Waals surface area contributed by atoms with Crippen LogP contribution in [0.2, 0.25) is 0 Å². The van der Waals surface area contributed by atoms with Gasteiger partial charge in [-0.25, -0.2) is 8.42 Å². The number of nitrogens with one attached hydrogen (secondary N) is 1. The fourth-order valence-corrected chi connectivity index (χ4v) is 4.63. The van der Waals surface area contributed by atoms with Crippen LogP contribution < -0.4 is 5.32 Å². The lowest BCUT2D eigenvalue weighted by Crippen LogP contribution is -2.58. The summed E-state index contributed by atoms with van der Waals surface area (Å²) in [5.41, 5.74) is 0. The molecule has 0 bridgehead atoms. The Morgan fingerprint density at radius 3 is 2.48 bits per heavy atom. The Morgan fingerprint density at radius 2 is 1.96 bits per heavy atom. The van der Waals surface area contributed by atoms with E-state index in [4.69, 9.17) is 4.74 Å². The SMILES string of the molecule is CC(C)COC1CCN(C(=O)C2(S(C)(=O)=O)CCNCC2)C1.Cl. The summed E-state index contributed by atoms with van der Waals surface area (Å²) < 4.78 is 29.1. The third-order valence-electron chi connectivity index (χ3n) is 4.61. The van der Waals surface area contributed by atoms with E-state index in [0.717, 1.165) is 6.42 Å². The van der Waals surface area contributed by atoms with Crippen molar-refractivity contribution in [1.29, 1.82) is 0 Å². The van der Waals surface area contributed by atoms with Crippen molar-refractivity contribution in [2.75, 3.05) is 39.0 Å². The van der Waals surface area contributed by atoms with Crippen molar-refractivity contribution in [3.8, 4) is 0 Å². The van der Waals surface area contributed by atoms with Crippen LogP contribution in [0.5, 0.6) is 0 Å². The smallest absolute Gasteiger partial charge is 0.244 e. The average molecular weight is 369 g/mol. The predicted molar refractivity (Wildman–Crippen MR) is 92.7 cm³/mol. The third kappa shape index (κ3) is 4.59. The van der Waals surface area contributed by atoms with Crippen LogP contribution in [0.25, 0.3) is 0 Å². The quantitative estimate of drug-likeness (QED) is 0.778. The molecular weight excluding hydrogens is 340 g/mol. The number of hydrogen-bond donors (Lipinski definition) is 1. The molecule has 1 amide bonds. The van der Waals surface area contributed by atoms with Gasteiger partial charge in [0.2, 0.25) is 5.91 Å². The first-order chi connectivity index (χ1) is 10.3. The predicted octanol–water partition coefficient (Wildman–Crippen LogP) is 0.849. The minimum absolute atomic E-state index is 0. The summed E-state index contributed by atoms with van der Waals surface area (Å²) in [6.45, 7) is 7.09. The van der Waals surface area contributed by atoms with Crippen LogP contribution in [0, 0.1) is 5.92 Å². The van der Waals surface area contributed by atoms with E-state index in [-0.39, 0.29) is 24.4 Å². The molecule has 8 heteroatoms. The van der Waals surface area contributed by atoms with Crippen molar-refractivity contribution in [1.82, 2.24) is 10.2 Å². The van der Waals surface area contributed by atoms with Crippen LogP contribution in [0.15, 0.2) is 0 Å². The van der Waals surface area contributed by atoms with E-state index in [2.05, 4.69) is 19.2 Å². The van der Waals surface area contributed by atoms with Crippen LogP contribution in [0.3, 0.4) is 0 Å². The largest absolute Gasteiger partial charge is 0.376 e. The first kappa shape index (κ1) is 20.7. The Kier molecular flexibility index (Phi) is 7.32. The maximum atomic E-state index is 12.9. The van der Waals surface area contributed by atoms with Gasteiger partial charge in [0.1, 0.15) is 0 Å². The molecule has 1 N–H and O–H groups in total. The normalized spacial score (nSPS) is 24.5. The zero-order valence-corrected chi connectivity index (χ0v) is 15.8. The molecule has 2 aliphatic heterocycles. The van der Waals surface area contributed by atoms with Crippen molar-refractivity contribution in [2.24, 2.45) is 5.92 Å². The van der Waals surface area contributed by atoms with Gasteiger partial charge in [0.25, 0.3) is 0 Å². The van der Waals surface area contributed by atoms with Crippen LogP contribution in [-0.4, -0.2) is 69.1 Å². The topological polar surface area (TPSA) is 75.7 Å². The molecule has 6 nitrogen and oxygen atoms in total. The van der Waals surface area contributed by atoms with Crippen molar-refractivity contribution in [3.05, 3.63) is 0 Å². The number of halogens is 1. The summed E-state index contributed by atoms with van der Waals surface area (Å²) in [5, 5.41) is 3.14. The molecule has 0 radical (unpaired) electrons. The minimum Gasteiger partial charge on any atom is -0.376 e. The lowest BCUT2D eigenvalue weighted by atomic mass is 9.95. The number of nitrogens with zero attached hydrogens (tertiary/aromatic N) is 1. The van der Waals surface area contributed by atoms with Gasteiger partial charge in [-0.3, -0.25) is 4.79 Å². The highest BCUT2D eigenvalue weighted by Crippen LogP contribution is 2.31. The highest BCUT2D eigenvalue weighted by atomic mass is 35.5. The molecule has 0 aromatic carbocycles. The van der Waals surface area contributed by atoms with Crippen LogP contribution >= 0.6 is 12.4 Å². The van der Waals surface area contributed by atoms with Gasteiger partial charge in [-0.05, 0) is 38.3 Å². The van der Waals surface area contributed by atoms with Gasteiger partial charge in [0.05, 0.1) is 6.10 Å². The molecule has 136 valence electrons. The Labute approximate surface area is 145 Å². The number of rotatable bonds is 5. The number of piperidine rings is 1. The van der Waals surface area contributed by atoms with E-state index < -0.39 is 14.6 Å². The molecule has 2 aliphatic rings. The molecule has 2 rings (SSSR count). The van der Waals surface area contributed by atoms with Gasteiger partial charge in [0.15, 0.2) is 14.6 Å². The minimum atomic E-state index is -3.44. The number of carbonyl (C=O) groups is 1. The van der Waals surface area contributed by atoms with Crippen molar-refractivity contribution >= 4 is 28.2 Å². The first-order valence-corrected chi connectivity index (χ1v) is 9.97. The van der Waals surface area contributed by atoms with Gasteiger partial charge in [-0.1, -0.05) is 13.8 Å². The van der Waals surface area contributed by atoms with Crippen molar-refractivity contribution in [3.63, 3.8) is 0 Å². The lowest BCUT2D eigenvalue weighted by molar-refractivity contribution is -0.134. The van der Waals surface area contributed by atoms with Gasteiger partial charge in [0, 0.05) is 26.0 Å². The molecule has 1 unspecified atom stereocenters. The zero-order valence-electron chi connectivity index (χ0n) is 14.2.